The average Bonchev–Trinajstić information content (AvgIpc) is 3.42. The molecule has 162 valence electrons. The maximum atomic E-state index is 13.1. The number of halogens is 1. The van der Waals surface area contributed by atoms with Crippen molar-refractivity contribution in [1.82, 2.24) is 36.2 Å². The highest BCUT2D eigenvalue weighted by Gasteiger charge is 2.24. The van der Waals surface area contributed by atoms with Gasteiger partial charge in [-0.1, -0.05) is 30.0 Å². The zero-order chi connectivity index (χ0) is 22.5. The van der Waals surface area contributed by atoms with E-state index in [0.717, 1.165) is 4.90 Å². The SMILES string of the molecule is C=C(NNC(=O)c1nnn(-c2nonc2N)c1CSc1ccccc1)c1ccc(F)cc1. The Morgan fingerprint density at radius 1 is 1.12 bits per heavy atom. The first-order valence-electron chi connectivity index (χ1n) is 9.25. The van der Waals surface area contributed by atoms with Crippen LogP contribution in [0.2, 0.25) is 0 Å². The van der Waals surface area contributed by atoms with E-state index in [-0.39, 0.29) is 23.1 Å². The quantitative estimate of drug-likeness (QED) is 0.272. The molecule has 1 amide bonds. The smallest absolute Gasteiger partial charge is 0.292 e. The fourth-order valence-corrected chi connectivity index (χ4v) is 3.61. The fourth-order valence-electron chi connectivity index (χ4n) is 2.70. The summed E-state index contributed by atoms with van der Waals surface area (Å²) in [5.41, 5.74) is 12.5. The van der Waals surface area contributed by atoms with Gasteiger partial charge in [0.1, 0.15) is 5.82 Å². The first-order valence-corrected chi connectivity index (χ1v) is 10.2. The maximum absolute atomic E-state index is 13.1. The minimum absolute atomic E-state index is 0.00984. The maximum Gasteiger partial charge on any atom is 0.292 e. The van der Waals surface area contributed by atoms with Crippen LogP contribution in [0.3, 0.4) is 0 Å². The van der Waals surface area contributed by atoms with Gasteiger partial charge in [0.2, 0.25) is 11.6 Å². The van der Waals surface area contributed by atoms with Gasteiger partial charge in [0.25, 0.3) is 5.91 Å². The number of rotatable bonds is 8. The molecule has 2 aromatic carbocycles. The van der Waals surface area contributed by atoms with Gasteiger partial charge in [-0.25, -0.2) is 9.02 Å². The molecule has 2 aromatic heterocycles. The Bertz CT molecular complexity index is 1240. The minimum atomic E-state index is -0.557. The summed E-state index contributed by atoms with van der Waals surface area (Å²) in [4.78, 5) is 13.8. The molecule has 4 N–H and O–H groups in total. The monoisotopic (exact) mass is 452 g/mol. The van der Waals surface area contributed by atoms with Crippen molar-refractivity contribution < 1.29 is 13.8 Å². The Kier molecular flexibility index (Phi) is 6.12. The van der Waals surface area contributed by atoms with Crippen LogP contribution >= 0.6 is 11.8 Å². The van der Waals surface area contributed by atoms with E-state index in [1.807, 2.05) is 30.3 Å². The normalized spacial score (nSPS) is 10.7. The number of nitrogen functional groups attached to an aromatic ring is 1. The lowest BCUT2D eigenvalue weighted by atomic mass is 10.2. The Morgan fingerprint density at radius 3 is 2.56 bits per heavy atom. The summed E-state index contributed by atoms with van der Waals surface area (Å²) in [6.07, 6.45) is 0. The molecular weight excluding hydrogens is 435 g/mol. The van der Waals surface area contributed by atoms with E-state index >= 15 is 0 Å². The van der Waals surface area contributed by atoms with Crippen molar-refractivity contribution in [1.29, 1.82) is 0 Å². The molecule has 0 saturated heterocycles. The number of carbonyl (C=O) groups excluding carboxylic acids is 1. The number of aromatic nitrogens is 5. The van der Waals surface area contributed by atoms with Crippen LogP contribution in [0.1, 0.15) is 21.7 Å². The molecule has 0 spiro atoms. The second kappa shape index (κ2) is 9.31. The number of nitrogens with two attached hydrogens (primary N) is 1. The van der Waals surface area contributed by atoms with Crippen molar-refractivity contribution >= 4 is 29.2 Å². The molecule has 0 radical (unpaired) electrons. The van der Waals surface area contributed by atoms with Gasteiger partial charge in [0.05, 0.1) is 11.4 Å². The zero-order valence-corrected chi connectivity index (χ0v) is 17.3. The highest BCUT2D eigenvalue weighted by Crippen LogP contribution is 2.25. The molecule has 12 heteroatoms. The Hall–Kier alpha value is -4.19. The number of amides is 1. The summed E-state index contributed by atoms with van der Waals surface area (Å²) in [5, 5.41) is 15.3. The number of hydrogen-bond donors (Lipinski definition) is 3. The fraction of sp³-hybridized carbons (Fsp3) is 0.0500. The van der Waals surface area contributed by atoms with Crippen LogP contribution in [-0.4, -0.2) is 31.2 Å². The lowest BCUT2D eigenvalue weighted by molar-refractivity contribution is 0.0936. The van der Waals surface area contributed by atoms with Crippen molar-refractivity contribution in [2.45, 2.75) is 10.6 Å². The molecule has 0 fully saturated rings. The van der Waals surface area contributed by atoms with Crippen molar-refractivity contribution in [3.63, 3.8) is 0 Å². The number of hydrogen-bond acceptors (Lipinski definition) is 9. The Balaban J connectivity index is 1.54. The molecule has 0 unspecified atom stereocenters. The third-order valence-electron chi connectivity index (χ3n) is 4.31. The second-order valence-electron chi connectivity index (χ2n) is 6.44. The predicted molar refractivity (Wildman–Crippen MR) is 116 cm³/mol. The van der Waals surface area contributed by atoms with Gasteiger partial charge < -0.3 is 5.73 Å². The summed E-state index contributed by atoms with van der Waals surface area (Å²) in [6, 6.07) is 15.3. The largest absolute Gasteiger partial charge is 0.378 e. The molecule has 0 aliphatic heterocycles. The number of hydrazine groups is 1. The van der Waals surface area contributed by atoms with E-state index in [9.17, 15) is 9.18 Å². The van der Waals surface area contributed by atoms with E-state index in [1.54, 1.807) is 0 Å². The molecule has 32 heavy (non-hydrogen) atoms. The van der Waals surface area contributed by atoms with Crippen molar-refractivity contribution in [2.75, 3.05) is 5.73 Å². The van der Waals surface area contributed by atoms with Gasteiger partial charge in [0, 0.05) is 10.6 Å². The number of nitrogens with zero attached hydrogens (tertiary/aromatic N) is 5. The van der Waals surface area contributed by atoms with Gasteiger partial charge in [0.15, 0.2) is 5.69 Å². The van der Waals surface area contributed by atoms with Crippen molar-refractivity contribution in [3.8, 4) is 5.82 Å². The summed E-state index contributed by atoms with van der Waals surface area (Å²) >= 11 is 1.48. The van der Waals surface area contributed by atoms with Crippen molar-refractivity contribution in [3.05, 3.63) is 83.9 Å². The summed E-state index contributed by atoms with van der Waals surface area (Å²) in [5.74, 6) is -0.451. The average molecular weight is 452 g/mol. The molecular formula is C20H17FN8O2S. The Morgan fingerprint density at radius 2 is 1.88 bits per heavy atom. The standard InChI is InChI=1S/C20H17FN8O2S/c1-12(13-7-9-14(21)10-8-13)23-25-20(30)17-16(11-32-15-5-3-2-4-6-15)29(28-24-17)19-18(22)26-31-27-19/h2-10,23H,1,11H2,(H2,22,26)(H,25,30). The first-order chi connectivity index (χ1) is 15.5. The van der Waals surface area contributed by atoms with E-state index in [1.165, 1.54) is 40.7 Å². The van der Waals surface area contributed by atoms with Crippen LogP contribution in [0.4, 0.5) is 10.2 Å². The van der Waals surface area contributed by atoms with Crippen LogP contribution in [0, 0.1) is 5.82 Å². The van der Waals surface area contributed by atoms with Gasteiger partial charge in [-0.3, -0.25) is 15.6 Å². The highest BCUT2D eigenvalue weighted by molar-refractivity contribution is 7.98. The van der Waals surface area contributed by atoms with E-state index < -0.39 is 5.91 Å². The lowest BCUT2D eigenvalue weighted by Crippen LogP contribution is -2.36. The first kappa shape index (κ1) is 21.1. The van der Waals surface area contributed by atoms with Gasteiger partial charge in [-0.2, -0.15) is 4.68 Å². The zero-order valence-electron chi connectivity index (χ0n) is 16.5. The third kappa shape index (κ3) is 4.59. The van der Waals surface area contributed by atoms with E-state index in [2.05, 4.69) is 42.7 Å². The van der Waals surface area contributed by atoms with Crippen LogP contribution in [-0.2, 0) is 5.75 Å². The molecule has 10 nitrogen and oxygen atoms in total. The molecule has 0 bridgehead atoms. The van der Waals surface area contributed by atoms with Crippen LogP contribution in [0.5, 0.6) is 0 Å². The second-order valence-corrected chi connectivity index (χ2v) is 7.48. The molecule has 0 saturated carbocycles. The summed E-state index contributed by atoms with van der Waals surface area (Å²) < 4.78 is 19.1. The molecule has 0 atom stereocenters. The van der Waals surface area contributed by atoms with Crippen LogP contribution < -0.4 is 16.6 Å². The molecule has 4 aromatic rings. The predicted octanol–water partition coefficient (Wildman–Crippen LogP) is 2.57. The van der Waals surface area contributed by atoms with Crippen molar-refractivity contribution in [2.24, 2.45) is 0 Å². The van der Waals surface area contributed by atoms with Crippen LogP contribution in [0.25, 0.3) is 11.5 Å². The molecule has 2 heterocycles. The number of carbonyl (C=O) groups is 1. The number of nitrogens with one attached hydrogen (secondary N) is 2. The molecule has 0 aliphatic carbocycles. The summed E-state index contributed by atoms with van der Waals surface area (Å²) in [7, 11) is 0. The number of benzene rings is 2. The number of anilines is 1. The lowest BCUT2D eigenvalue weighted by Gasteiger charge is -2.11. The topological polar surface area (TPSA) is 137 Å². The number of thioether (sulfide) groups is 1. The van der Waals surface area contributed by atoms with E-state index in [0.29, 0.717) is 22.7 Å². The van der Waals surface area contributed by atoms with E-state index in [4.69, 9.17) is 5.73 Å². The third-order valence-corrected chi connectivity index (χ3v) is 5.34. The van der Waals surface area contributed by atoms with Crippen LogP contribution in [0.15, 0.2) is 70.7 Å². The van der Waals surface area contributed by atoms with Gasteiger partial charge >= 0.3 is 0 Å². The minimum Gasteiger partial charge on any atom is -0.378 e. The summed E-state index contributed by atoms with van der Waals surface area (Å²) in [6.45, 7) is 3.84. The molecule has 4 rings (SSSR count). The van der Waals surface area contributed by atoms with Gasteiger partial charge in [-0.15, -0.1) is 16.9 Å². The molecule has 0 aliphatic rings. The highest BCUT2D eigenvalue weighted by atomic mass is 32.2. The Labute approximate surface area is 185 Å². The van der Waals surface area contributed by atoms with Gasteiger partial charge in [-0.05, 0) is 52.3 Å².